The molecule has 0 N–H and O–H groups in total. The summed E-state index contributed by atoms with van der Waals surface area (Å²) >= 11 is 0. The summed E-state index contributed by atoms with van der Waals surface area (Å²) in [7, 11) is 3.42. The lowest BCUT2D eigenvalue weighted by Crippen LogP contribution is -2.26. The highest BCUT2D eigenvalue weighted by Gasteiger charge is 2.22. The Hall–Kier alpha value is -3.57. The molecule has 0 aliphatic rings. The van der Waals surface area contributed by atoms with Crippen LogP contribution in [0.4, 0.5) is 0 Å². The fraction of sp³-hybridized carbons (Fsp3) is 0.364. The molecule has 0 atom stereocenters. The molecule has 0 fully saturated rings. The van der Waals surface area contributed by atoms with Gasteiger partial charge in [-0.3, -0.25) is 4.90 Å². The summed E-state index contributed by atoms with van der Waals surface area (Å²) in [6.07, 6.45) is 4.56. The van der Waals surface area contributed by atoms with Crippen LogP contribution in [0.2, 0.25) is 0 Å². The molecule has 5 heteroatoms. The van der Waals surface area contributed by atoms with Gasteiger partial charge < -0.3 is 14.0 Å². The first-order valence-corrected chi connectivity index (χ1v) is 13.8. The molecule has 0 saturated heterocycles. The van der Waals surface area contributed by atoms with Crippen molar-refractivity contribution in [3.8, 4) is 34.1 Å². The molecule has 1 heterocycles. The molecule has 38 heavy (non-hydrogen) atoms. The van der Waals surface area contributed by atoms with E-state index in [9.17, 15) is 0 Å². The van der Waals surface area contributed by atoms with Crippen LogP contribution in [0.15, 0.2) is 78.9 Å². The predicted octanol–water partition coefficient (Wildman–Crippen LogP) is 7.84. The van der Waals surface area contributed by atoms with E-state index in [4.69, 9.17) is 14.5 Å². The van der Waals surface area contributed by atoms with E-state index in [2.05, 4.69) is 90.0 Å². The van der Waals surface area contributed by atoms with Gasteiger partial charge in [0.05, 0.1) is 25.6 Å². The summed E-state index contributed by atoms with van der Waals surface area (Å²) in [6, 6.07) is 27.3. The number of aromatic nitrogens is 2. The van der Waals surface area contributed by atoms with Gasteiger partial charge >= 0.3 is 0 Å². The Labute approximate surface area is 228 Å². The van der Waals surface area contributed by atoms with E-state index < -0.39 is 0 Å². The molecule has 4 rings (SSSR count). The van der Waals surface area contributed by atoms with E-state index in [0.29, 0.717) is 0 Å². The van der Waals surface area contributed by atoms with Crippen molar-refractivity contribution in [2.24, 2.45) is 0 Å². The van der Waals surface area contributed by atoms with Crippen molar-refractivity contribution in [3.05, 3.63) is 90.1 Å². The largest absolute Gasteiger partial charge is 0.497 e. The monoisotopic (exact) mass is 511 g/mol. The van der Waals surface area contributed by atoms with E-state index in [1.165, 1.54) is 11.3 Å². The van der Waals surface area contributed by atoms with Gasteiger partial charge in [0.15, 0.2) is 0 Å². The Morgan fingerprint density at radius 1 is 0.711 bits per heavy atom. The summed E-state index contributed by atoms with van der Waals surface area (Å²) in [6.45, 7) is 8.20. The zero-order valence-electron chi connectivity index (χ0n) is 23.3. The number of methoxy groups -OCH3 is 2. The molecule has 3 aromatic carbocycles. The van der Waals surface area contributed by atoms with E-state index in [1.807, 2.05) is 12.1 Å². The number of unbranched alkanes of at least 4 members (excludes halogenated alkanes) is 2. The predicted molar refractivity (Wildman–Crippen MR) is 157 cm³/mol. The van der Waals surface area contributed by atoms with Gasteiger partial charge in [-0.05, 0) is 61.3 Å². The minimum Gasteiger partial charge on any atom is -0.497 e. The zero-order chi connectivity index (χ0) is 26.7. The maximum atomic E-state index is 5.44. The number of benzene rings is 3. The van der Waals surface area contributed by atoms with Gasteiger partial charge in [0.2, 0.25) is 0 Å². The second kappa shape index (κ2) is 13.8. The fourth-order valence-corrected chi connectivity index (χ4v) is 4.79. The van der Waals surface area contributed by atoms with Crippen molar-refractivity contribution in [2.45, 2.75) is 59.2 Å². The van der Waals surface area contributed by atoms with Crippen molar-refractivity contribution in [2.75, 3.05) is 20.8 Å². The SMILES string of the molecule is CCCCN(Cc1ccc(OC)cc1)Cc1c(-c2ccc(OC)cc2)nc(-c2ccccc2)n1CCCC. The Kier molecular flexibility index (Phi) is 9.99. The minimum atomic E-state index is 0.830. The van der Waals surface area contributed by atoms with Crippen LogP contribution in [0.1, 0.15) is 50.8 Å². The first kappa shape index (κ1) is 27.5. The van der Waals surface area contributed by atoms with Gasteiger partial charge in [-0.25, -0.2) is 4.98 Å². The topological polar surface area (TPSA) is 39.5 Å². The Balaban J connectivity index is 1.78. The average Bonchev–Trinajstić information content (AvgIpc) is 3.33. The van der Waals surface area contributed by atoms with Crippen LogP contribution in [0.25, 0.3) is 22.6 Å². The summed E-state index contributed by atoms with van der Waals surface area (Å²) in [5.41, 5.74) is 5.88. The molecule has 0 aliphatic carbocycles. The minimum absolute atomic E-state index is 0.830. The summed E-state index contributed by atoms with van der Waals surface area (Å²) < 4.78 is 13.3. The van der Waals surface area contributed by atoms with Crippen molar-refractivity contribution in [1.82, 2.24) is 14.5 Å². The van der Waals surface area contributed by atoms with Gasteiger partial charge in [0.1, 0.15) is 17.3 Å². The summed E-state index contributed by atoms with van der Waals surface area (Å²) in [5, 5.41) is 0. The Bertz CT molecular complexity index is 1250. The Morgan fingerprint density at radius 2 is 1.34 bits per heavy atom. The highest BCUT2D eigenvalue weighted by molar-refractivity contribution is 5.69. The van der Waals surface area contributed by atoms with Gasteiger partial charge in [-0.1, -0.05) is 69.2 Å². The normalized spacial score (nSPS) is 11.2. The zero-order valence-corrected chi connectivity index (χ0v) is 23.3. The molecule has 0 saturated carbocycles. The lowest BCUT2D eigenvalue weighted by molar-refractivity contribution is 0.246. The van der Waals surface area contributed by atoms with Gasteiger partial charge in [-0.2, -0.15) is 0 Å². The molecule has 5 nitrogen and oxygen atoms in total. The number of hydrogen-bond acceptors (Lipinski definition) is 4. The molecular formula is C33H41N3O2. The van der Waals surface area contributed by atoms with Crippen molar-refractivity contribution in [1.29, 1.82) is 0 Å². The number of rotatable bonds is 14. The van der Waals surface area contributed by atoms with Crippen LogP contribution < -0.4 is 9.47 Å². The van der Waals surface area contributed by atoms with E-state index in [-0.39, 0.29) is 0 Å². The van der Waals surface area contributed by atoms with Gasteiger partial charge in [0, 0.05) is 30.8 Å². The smallest absolute Gasteiger partial charge is 0.140 e. The standard InChI is InChI=1S/C33H41N3O2/c1-5-7-22-35(24-26-14-18-29(37-3)19-15-26)25-31-32(27-16-20-30(38-4)21-17-27)34-33(36(31)23-8-6-2)28-12-10-9-11-13-28/h9-21H,5-8,22-25H2,1-4H3. The third-order valence-corrected chi connectivity index (χ3v) is 6.97. The lowest BCUT2D eigenvalue weighted by atomic mass is 10.1. The van der Waals surface area contributed by atoms with Gasteiger partial charge in [0.25, 0.3) is 0 Å². The van der Waals surface area contributed by atoms with Crippen LogP contribution >= 0.6 is 0 Å². The molecule has 1 aromatic heterocycles. The summed E-state index contributed by atoms with van der Waals surface area (Å²) in [5.74, 6) is 2.79. The van der Waals surface area contributed by atoms with Crippen LogP contribution in [-0.2, 0) is 19.6 Å². The lowest BCUT2D eigenvalue weighted by Gasteiger charge is -2.24. The number of hydrogen-bond donors (Lipinski definition) is 0. The van der Waals surface area contributed by atoms with Crippen molar-refractivity contribution < 1.29 is 9.47 Å². The van der Waals surface area contributed by atoms with Crippen molar-refractivity contribution >= 4 is 0 Å². The van der Waals surface area contributed by atoms with E-state index in [0.717, 1.165) is 86.0 Å². The highest BCUT2D eigenvalue weighted by atomic mass is 16.5. The molecule has 0 unspecified atom stereocenters. The maximum Gasteiger partial charge on any atom is 0.140 e. The highest BCUT2D eigenvalue weighted by Crippen LogP contribution is 2.32. The maximum absolute atomic E-state index is 5.44. The van der Waals surface area contributed by atoms with E-state index in [1.54, 1.807) is 14.2 Å². The summed E-state index contributed by atoms with van der Waals surface area (Å²) in [4.78, 5) is 7.86. The number of nitrogens with zero attached hydrogens (tertiary/aromatic N) is 3. The average molecular weight is 512 g/mol. The molecule has 0 radical (unpaired) electrons. The molecule has 0 spiro atoms. The van der Waals surface area contributed by atoms with Crippen LogP contribution in [-0.4, -0.2) is 35.2 Å². The first-order chi connectivity index (χ1) is 18.7. The van der Waals surface area contributed by atoms with Gasteiger partial charge in [-0.15, -0.1) is 0 Å². The molecule has 200 valence electrons. The van der Waals surface area contributed by atoms with E-state index >= 15 is 0 Å². The molecule has 0 amide bonds. The molecule has 0 bridgehead atoms. The van der Waals surface area contributed by atoms with Crippen molar-refractivity contribution in [3.63, 3.8) is 0 Å². The first-order valence-electron chi connectivity index (χ1n) is 13.8. The second-order valence-electron chi connectivity index (χ2n) is 9.74. The van der Waals surface area contributed by atoms with Crippen LogP contribution in [0.3, 0.4) is 0 Å². The molecule has 0 aliphatic heterocycles. The van der Waals surface area contributed by atoms with Crippen LogP contribution in [0.5, 0.6) is 11.5 Å². The number of ether oxygens (including phenoxy) is 2. The molecular weight excluding hydrogens is 470 g/mol. The second-order valence-corrected chi connectivity index (χ2v) is 9.74. The third-order valence-electron chi connectivity index (χ3n) is 6.97. The van der Waals surface area contributed by atoms with Crippen LogP contribution in [0, 0.1) is 0 Å². The fourth-order valence-electron chi connectivity index (χ4n) is 4.79. The molecule has 4 aromatic rings. The third kappa shape index (κ3) is 6.84. The number of imidazole rings is 1. The Morgan fingerprint density at radius 3 is 1.95 bits per heavy atom. The quantitative estimate of drug-likeness (QED) is 0.173.